The Morgan fingerprint density at radius 1 is 1.10 bits per heavy atom. The number of rotatable bonds is 5. The van der Waals surface area contributed by atoms with E-state index in [0.29, 0.717) is 0 Å². The molecule has 2 aromatic carbocycles. The van der Waals surface area contributed by atoms with Crippen LogP contribution in [0.4, 0.5) is 8.78 Å². The van der Waals surface area contributed by atoms with Crippen LogP contribution in [0.25, 0.3) is 0 Å². The molecule has 112 valence electrons. The third-order valence-corrected chi connectivity index (χ3v) is 3.85. The minimum atomic E-state index is -1.23. The summed E-state index contributed by atoms with van der Waals surface area (Å²) in [6.07, 6.45) is -1.23. The molecule has 0 amide bonds. The Balaban J connectivity index is 2.00. The van der Waals surface area contributed by atoms with Crippen molar-refractivity contribution >= 4 is 15.9 Å². The number of halogens is 3. The van der Waals surface area contributed by atoms with Gasteiger partial charge in [0.15, 0.2) is 0 Å². The fourth-order valence-electron chi connectivity index (χ4n) is 2.09. The average molecular weight is 356 g/mol. The number of benzene rings is 2. The Kier molecular flexibility index (Phi) is 5.45. The molecule has 0 spiro atoms. The summed E-state index contributed by atoms with van der Waals surface area (Å²) in [5.74, 6) is -1.47. The van der Waals surface area contributed by atoms with Gasteiger partial charge in [-0.05, 0) is 36.8 Å². The highest BCUT2D eigenvalue weighted by Gasteiger charge is 2.18. The Morgan fingerprint density at radius 2 is 1.67 bits per heavy atom. The van der Waals surface area contributed by atoms with Crippen LogP contribution in [-0.2, 0) is 0 Å². The van der Waals surface area contributed by atoms with E-state index < -0.39 is 17.7 Å². The molecule has 0 radical (unpaired) electrons. The lowest BCUT2D eigenvalue weighted by atomic mass is 10.1. The van der Waals surface area contributed by atoms with E-state index in [9.17, 15) is 13.9 Å². The minimum absolute atomic E-state index is 0.0393. The summed E-state index contributed by atoms with van der Waals surface area (Å²) in [5, 5.41) is 13.0. The summed E-state index contributed by atoms with van der Waals surface area (Å²) in [6.45, 7) is 1.99. The zero-order valence-corrected chi connectivity index (χ0v) is 13.1. The first kappa shape index (κ1) is 16.1. The Hall–Kier alpha value is -1.30. The van der Waals surface area contributed by atoms with Gasteiger partial charge in [-0.25, -0.2) is 8.78 Å². The van der Waals surface area contributed by atoms with Crippen molar-refractivity contribution in [3.8, 4) is 0 Å². The monoisotopic (exact) mass is 355 g/mol. The van der Waals surface area contributed by atoms with Crippen molar-refractivity contribution in [1.29, 1.82) is 0 Å². The maximum atomic E-state index is 13.6. The van der Waals surface area contributed by atoms with Crippen molar-refractivity contribution in [3.05, 3.63) is 69.7 Å². The molecule has 0 heterocycles. The number of aliphatic hydroxyl groups is 1. The zero-order valence-electron chi connectivity index (χ0n) is 11.5. The van der Waals surface area contributed by atoms with Crippen molar-refractivity contribution in [2.45, 2.75) is 19.1 Å². The van der Waals surface area contributed by atoms with Gasteiger partial charge in [-0.2, -0.15) is 0 Å². The van der Waals surface area contributed by atoms with E-state index in [0.717, 1.165) is 22.2 Å². The average Bonchev–Trinajstić information content (AvgIpc) is 2.45. The molecular weight excluding hydrogens is 340 g/mol. The molecule has 0 bridgehead atoms. The largest absolute Gasteiger partial charge is 0.387 e. The van der Waals surface area contributed by atoms with Gasteiger partial charge >= 0.3 is 0 Å². The first-order valence-corrected chi connectivity index (χ1v) is 7.39. The molecule has 0 aliphatic heterocycles. The summed E-state index contributed by atoms with van der Waals surface area (Å²) in [7, 11) is 0. The Morgan fingerprint density at radius 3 is 2.24 bits per heavy atom. The van der Waals surface area contributed by atoms with Gasteiger partial charge in [0.1, 0.15) is 11.6 Å². The van der Waals surface area contributed by atoms with Crippen LogP contribution in [0.3, 0.4) is 0 Å². The van der Waals surface area contributed by atoms with Crippen LogP contribution in [0.5, 0.6) is 0 Å². The third kappa shape index (κ3) is 4.09. The topological polar surface area (TPSA) is 32.3 Å². The lowest BCUT2D eigenvalue weighted by molar-refractivity contribution is 0.161. The summed E-state index contributed by atoms with van der Waals surface area (Å²) < 4.78 is 28.1. The van der Waals surface area contributed by atoms with E-state index in [1.54, 1.807) is 0 Å². The maximum Gasteiger partial charge on any atom is 0.131 e. The van der Waals surface area contributed by atoms with Crippen LogP contribution < -0.4 is 5.32 Å². The molecule has 2 nitrogen and oxygen atoms in total. The van der Waals surface area contributed by atoms with Crippen molar-refractivity contribution in [2.75, 3.05) is 6.54 Å². The highest BCUT2D eigenvalue weighted by molar-refractivity contribution is 9.10. The first-order valence-electron chi connectivity index (χ1n) is 6.60. The molecule has 2 atom stereocenters. The summed E-state index contributed by atoms with van der Waals surface area (Å²) >= 11 is 3.36. The number of nitrogens with one attached hydrogen (secondary N) is 1. The molecule has 0 saturated heterocycles. The quantitative estimate of drug-likeness (QED) is 0.845. The van der Waals surface area contributed by atoms with Crippen LogP contribution in [0.1, 0.15) is 30.2 Å². The van der Waals surface area contributed by atoms with Crippen LogP contribution in [-0.4, -0.2) is 11.7 Å². The van der Waals surface area contributed by atoms with Gasteiger partial charge in [0.2, 0.25) is 0 Å². The maximum absolute atomic E-state index is 13.6. The molecule has 2 rings (SSSR count). The van der Waals surface area contributed by atoms with Gasteiger partial charge < -0.3 is 10.4 Å². The standard InChI is InChI=1S/C16H16BrF2NO/c1-10(11-5-7-12(17)8-6-11)20-9-15(21)16-13(18)3-2-4-14(16)19/h2-8,10,15,20-21H,9H2,1H3. The van der Waals surface area contributed by atoms with Gasteiger partial charge in [0, 0.05) is 17.1 Å². The van der Waals surface area contributed by atoms with Gasteiger partial charge in [-0.15, -0.1) is 0 Å². The molecule has 0 aromatic heterocycles. The van der Waals surface area contributed by atoms with E-state index in [2.05, 4.69) is 21.2 Å². The predicted octanol–water partition coefficient (Wildman–Crippen LogP) is 4.11. The van der Waals surface area contributed by atoms with Gasteiger partial charge in [0.25, 0.3) is 0 Å². The van der Waals surface area contributed by atoms with E-state index in [1.165, 1.54) is 6.07 Å². The second kappa shape index (κ2) is 7.11. The molecular formula is C16H16BrF2NO. The zero-order chi connectivity index (χ0) is 15.4. The van der Waals surface area contributed by atoms with Crippen molar-refractivity contribution < 1.29 is 13.9 Å². The van der Waals surface area contributed by atoms with Gasteiger partial charge in [-0.3, -0.25) is 0 Å². The molecule has 21 heavy (non-hydrogen) atoms. The molecule has 0 aliphatic rings. The predicted molar refractivity (Wildman–Crippen MR) is 81.9 cm³/mol. The summed E-state index contributed by atoms with van der Waals surface area (Å²) in [4.78, 5) is 0. The summed E-state index contributed by atoms with van der Waals surface area (Å²) in [5.41, 5.74) is 0.729. The lowest BCUT2D eigenvalue weighted by Gasteiger charge is -2.18. The highest BCUT2D eigenvalue weighted by Crippen LogP contribution is 2.21. The second-order valence-corrected chi connectivity index (χ2v) is 5.75. The van der Waals surface area contributed by atoms with Crippen molar-refractivity contribution in [3.63, 3.8) is 0 Å². The van der Waals surface area contributed by atoms with Crippen LogP contribution in [0, 0.1) is 11.6 Å². The number of hydrogen-bond acceptors (Lipinski definition) is 2. The highest BCUT2D eigenvalue weighted by atomic mass is 79.9. The molecule has 2 N–H and O–H groups in total. The minimum Gasteiger partial charge on any atom is -0.387 e. The number of aliphatic hydroxyl groups excluding tert-OH is 1. The van der Waals surface area contributed by atoms with Gasteiger partial charge in [-0.1, -0.05) is 34.1 Å². The van der Waals surface area contributed by atoms with E-state index >= 15 is 0 Å². The smallest absolute Gasteiger partial charge is 0.131 e. The van der Waals surface area contributed by atoms with E-state index in [4.69, 9.17) is 0 Å². The van der Waals surface area contributed by atoms with Crippen LogP contribution >= 0.6 is 15.9 Å². The molecule has 5 heteroatoms. The first-order chi connectivity index (χ1) is 9.99. The van der Waals surface area contributed by atoms with Crippen molar-refractivity contribution in [2.24, 2.45) is 0 Å². The van der Waals surface area contributed by atoms with Crippen molar-refractivity contribution in [1.82, 2.24) is 5.32 Å². The SMILES string of the molecule is CC(NCC(O)c1c(F)cccc1F)c1ccc(Br)cc1. The Labute approximate surface area is 130 Å². The third-order valence-electron chi connectivity index (χ3n) is 3.32. The summed E-state index contributed by atoms with van der Waals surface area (Å²) in [6, 6.07) is 11.2. The Bertz CT molecular complexity index is 583. The normalized spacial score (nSPS) is 14.0. The molecule has 2 aromatic rings. The molecule has 2 unspecified atom stereocenters. The number of hydrogen-bond donors (Lipinski definition) is 2. The molecule has 0 aliphatic carbocycles. The second-order valence-electron chi connectivity index (χ2n) is 4.83. The van der Waals surface area contributed by atoms with E-state index in [-0.39, 0.29) is 18.2 Å². The van der Waals surface area contributed by atoms with Gasteiger partial charge in [0.05, 0.1) is 11.7 Å². The fraction of sp³-hybridized carbons (Fsp3) is 0.250. The molecule has 0 fully saturated rings. The van der Waals surface area contributed by atoms with E-state index in [1.807, 2.05) is 31.2 Å². The van der Waals surface area contributed by atoms with Crippen LogP contribution in [0.2, 0.25) is 0 Å². The van der Waals surface area contributed by atoms with Crippen LogP contribution in [0.15, 0.2) is 46.9 Å². The fourth-order valence-corrected chi connectivity index (χ4v) is 2.35. The lowest BCUT2D eigenvalue weighted by Crippen LogP contribution is -2.25. The molecule has 0 saturated carbocycles.